The summed E-state index contributed by atoms with van der Waals surface area (Å²) in [5.41, 5.74) is 0.978. The predicted molar refractivity (Wildman–Crippen MR) is 114 cm³/mol. The van der Waals surface area contributed by atoms with E-state index >= 15 is 0 Å². The molecule has 0 bridgehead atoms. The average Bonchev–Trinajstić information content (AvgIpc) is 3.23. The van der Waals surface area contributed by atoms with E-state index in [1.807, 2.05) is 0 Å². The number of benzene rings is 2. The molecular formula is C22H19FN4O5. The third-order valence-corrected chi connectivity index (χ3v) is 4.97. The molecule has 0 saturated carbocycles. The number of hydrogen-bond donors (Lipinski definition) is 3. The molecule has 1 aliphatic heterocycles. The Balaban J connectivity index is 1.77. The zero-order valence-corrected chi connectivity index (χ0v) is 17.1. The average molecular weight is 438 g/mol. The number of carboxylic acid groups (broad SMARTS) is 1. The molecule has 0 saturated heterocycles. The van der Waals surface area contributed by atoms with Crippen LogP contribution >= 0.6 is 0 Å². The Morgan fingerprint density at radius 3 is 2.56 bits per heavy atom. The van der Waals surface area contributed by atoms with Crippen molar-refractivity contribution in [1.29, 1.82) is 0 Å². The van der Waals surface area contributed by atoms with Crippen LogP contribution in [0.4, 0.5) is 15.9 Å². The highest BCUT2D eigenvalue weighted by molar-refractivity contribution is 6.08. The number of carboxylic acids is 1. The molecule has 164 valence electrons. The first-order valence-electron chi connectivity index (χ1n) is 9.49. The van der Waals surface area contributed by atoms with Gasteiger partial charge in [0, 0.05) is 11.3 Å². The van der Waals surface area contributed by atoms with Crippen LogP contribution in [0.15, 0.2) is 60.4 Å². The number of aromatic nitrogens is 2. The summed E-state index contributed by atoms with van der Waals surface area (Å²) in [5.74, 6) is -0.925. The molecule has 0 fully saturated rings. The number of nitrogens with zero attached hydrogens (tertiary/aromatic N) is 2. The second-order valence-electron chi connectivity index (χ2n) is 6.88. The molecule has 2 aromatic carbocycles. The summed E-state index contributed by atoms with van der Waals surface area (Å²) in [6.07, 6.45) is 2.81. The molecule has 3 aromatic rings. The van der Waals surface area contributed by atoms with Gasteiger partial charge in [0.25, 0.3) is 5.91 Å². The Kier molecular flexibility index (Phi) is 5.50. The normalized spacial score (nSPS) is 14.6. The van der Waals surface area contributed by atoms with E-state index < -0.39 is 23.7 Å². The van der Waals surface area contributed by atoms with E-state index in [4.69, 9.17) is 9.47 Å². The van der Waals surface area contributed by atoms with Crippen LogP contribution in [0.2, 0.25) is 0 Å². The first-order valence-corrected chi connectivity index (χ1v) is 9.49. The van der Waals surface area contributed by atoms with Crippen molar-refractivity contribution >= 4 is 23.4 Å². The first-order chi connectivity index (χ1) is 15.4. The highest BCUT2D eigenvalue weighted by atomic mass is 19.1. The van der Waals surface area contributed by atoms with Gasteiger partial charge in [0.05, 0.1) is 20.4 Å². The van der Waals surface area contributed by atoms with Crippen molar-refractivity contribution in [3.05, 3.63) is 77.4 Å². The minimum Gasteiger partial charge on any atom is -0.497 e. The summed E-state index contributed by atoms with van der Waals surface area (Å²) in [5, 5.41) is 19.4. The predicted octanol–water partition coefficient (Wildman–Crippen LogP) is 3.28. The quantitative estimate of drug-likeness (QED) is 0.541. The molecule has 4 rings (SSSR count). The number of rotatable bonds is 6. The molecule has 1 amide bonds. The molecule has 3 N–H and O–H groups in total. The van der Waals surface area contributed by atoms with Crippen LogP contribution in [-0.4, -0.2) is 41.0 Å². The number of carbonyl (C=O) groups excluding carboxylic acids is 1. The molecule has 32 heavy (non-hydrogen) atoms. The van der Waals surface area contributed by atoms with Gasteiger partial charge >= 0.3 is 5.97 Å². The number of amides is 1. The van der Waals surface area contributed by atoms with Crippen LogP contribution in [0.5, 0.6) is 11.5 Å². The molecule has 0 spiro atoms. The number of nitrogens with one attached hydrogen (secondary N) is 2. The van der Waals surface area contributed by atoms with E-state index in [-0.39, 0.29) is 17.1 Å². The van der Waals surface area contributed by atoms with Gasteiger partial charge in [0.15, 0.2) is 0 Å². The molecule has 1 aliphatic rings. The molecule has 10 heteroatoms. The fraction of sp³-hybridized carbons (Fsp3) is 0.136. The van der Waals surface area contributed by atoms with Crippen molar-refractivity contribution in [3.8, 4) is 11.5 Å². The summed E-state index contributed by atoms with van der Waals surface area (Å²) >= 11 is 0. The minimum absolute atomic E-state index is 0.119. The summed E-state index contributed by atoms with van der Waals surface area (Å²) in [7, 11) is 3.02. The molecule has 1 aromatic heterocycles. The number of hydrogen-bond acceptors (Lipinski definition) is 6. The number of allylic oxidation sites excluding steroid dienone is 1. The SMILES string of the molecule is COc1ccc(OC)c([C@H]2C=C(C(=O)O)Nc3c(C(=O)Nc4ccc(F)cc4)cnn32)c1. The van der Waals surface area contributed by atoms with Gasteiger partial charge in [-0.25, -0.2) is 13.9 Å². The molecule has 9 nitrogen and oxygen atoms in total. The van der Waals surface area contributed by atoms with Gasteiger partial charge in [-0.2, -0.15) is 5.10 Å². The molecular weight excluding hydrogens is 419 g/mol. The van der Waals surface area contributed by atoms with Crippen molar-refractivity contribution in [2.75, 3.05) is 24.9 Å². The zero-order chi connectivity index (χ0) is 22.8. The lowest BCUT2D eigenvalue weighted by atomic mass is 10.0. The van der Waals surface area contributed by atoms with Gasteiger partial charge in [-0.15, -0.1) is 0 Å². The third-order valence-electron chi connectivity index (χ3n) is 4.97. The van der Waals surface area contributed by atoms with Gasteiger partial charge in [-0.3, -0.25) is 4.79 Å². The summed E-state index contributed by atoms with van der Waals surface area (Å²) in [4.78, 5) is 24.7. The first kappa shape index (κ1) is 20.9. The lowest BCUT2D eigenvalue weighted by Crippen LogP contribution is -2.26. The zero-order valence-electron chi connectivity index (χ0n) is 17.1. The number of anilines is 2. The van der Waals surface area contributed by atoms with Gasteiger partial charge in [-0.1, -0.05) is 0 Å². The molecule has 2 heterocycles. The third kappa shape index (κ3) is 3.85. The number of halogens is 1. The van der Waals surface area contributed by atoms with E-state index in [2.05, 4.69) is 15.7 Å². The molecule has 1 atom stereocenters. The Hall–Kier alpha value is -4.34. The van der Waals surface area contributed by atoms with Gasteiger partial charge in [0.2, 0.25) is 0 Å². The number of ether oxygens (including phenoxy) is 2. The maximum Gasteiger partial charge on any atom is 0.352 e. The van der Waals surface area contributed by atoms with Crippen LogP contribution in [0, 0.1) is 5.82 Å². The minimum atomic E-state index is -1.20. The fourth-order valence-corrected chi connectivity index (χ4v) is 3.41. The van der Waals surface area contributed by atoms with Crippen LogP contribution < -0.4 is 20.1 Å². The van der Waals surface area contributed by atoms with Crippen LogP contribution in [0.25, 0.3) is 0 Å². The molecule has 0 radical (unpaired) electrons. The summed E-state index contributed by atoms with van der Waals surface area (Å²) in [6.45, 7) is 0. The Labute approximate surface area is 182 Å². The van der Waals surface area contributed by atoms with Crippen LogP contribution in [0.3, 0.4) is 0 Å². The van der Waals surface area contributed by atoms with Crippen molar-refractivity contribution in [2.24, 2.45) is 0 Å². The smallest absolute Gasteiger partial charge is 0.352 e. The van der Waals surface area contributed by atoms with E-state index in [1.165, 1.54) is 55.4 Å². The number of carbonyl (C=O) groups is 2. The van der Waals surface area contributed by atoms with E-state index in [1.54, 1.807) is 18.2 Å². The highest BCUT2D eigenvalue weighted by Crippen LogP contribution is 2.38. The van der Waals surface area contributed by atoms with Crippen molar-refractivity contribution in [1.82, 2.24) is 9.78 Å². The maximum absolute atomic E-state index is 13.1. The Morgan fingerprint density at radius 1 is 1.16 bits per heavy atom. The second kappa shape index (κ2) is 8.42. The van der Waals surface area contributed by atoms with E-state index in [9.17, 15) is 19.1 Å². The van der Waals surface area contributed by atoms with E-state index in [0.29, 0.717) is 22.7 Å². The number of fused-ring (bicyclic) bond motifs is 1. The van der Waals surface area contributed by atoms with Crippen LogP contribution in [0.1, 0.15) is 22.0 Å². The second-order valence-corrected chi connectivity index (χ2v) is 6.88. The lowest BCUT2D eigenvalue weighted by Gasteiger charge is -2.26. The Morgan fingerprint density at radius 2 is 1.91 bits per heavy atom. The fourth-order valence-electron chi connectivity index (χ4n) is 3.41. The van der Waals surface area contributed by atoms with Crippen molar-refractivity contribution < 1.29 is 28.6 Å². The van der Waals surface area contributed by atoms with Gasteiger partial charge in [-0.05, 0) is 48.5 Å². The summed E-state index contributed by atoms with van der Waals surface area (Å²) < 4.78 is 25.4. The van der Waals surface area contributed by atoms with Crippen LogP contribution in [-0.2, 0) is 4.79 Å². The van der Waals surface area contributed by atoms with Crippen molar-refractivity contribution in [2.45, 2.75) is 6.04 Å². The van der Waals surface area contributed by atoms with E-state index in [0.717, 1.165) is 0 Å². The molecule has 0 unspecified atom stereocenters. The Bertz CT molecular complexity index is 1220. The van der Waals surface area contributed by atoms with Gasteiger partial charge in [0.1, 0.15) is 40.4 Å². The van der Waals surface area contributed by atoms with Crippen molar-refractivity contribution in [3.63, 3.8) is 0 Å². The number of aliphatic carboxylic acids is 1. The summed E-state index contributed by atoms with van der Waals surface area (Å²) in [6, 6.07) is 9.73. The topological polar surface area (TPSA) is 115 Å². The highest BCUT2D eigenvalue weighted by Gasteiger charge is 2.31. The standard InChI is InChI=1S/C22H19FN4O5/c1-31-14-7-8-19(32-2)15(9-14)18-10-17(22(29)30)26-20-16(11-24-27(18)20)21(28)25-13-5-3-12(23)4-6-13/h3-11,18,26H,1-2H3,(H,25,28)(H,29,30)/t18-/m1/s1. The molecule has 0 aliphatic carbocycles. The van der Waals surface area contributed by atoms with Gasteiger partial charge < -0.3 is 25.2 Å². The lowest BCUT2D eigenvalue weighted by molar-refractivity contribution is -0.132. The number of methoxy groups -OCH3 is 2. The monoisotopic (exact) mass is 438 g/mol. The largest absolute Gasteiger partial charge is 0.497 e. The maximum atomic E-state index is 13.1.